The van der Waals surface area contributed by atoms with E-state index in [0.29, 0.717) is 13.0 Å². The minimum absolute atomic E-state index is 0.0513. The maximum atomic E-state index is 13.3. The van der Waals surface area contributed by atoms with Crippen molar-refractivity contribution in [3.63, 3.8) is 0 Å². The van der Waals surface area contributed by atoms with Gasteiger partial charge in [-0.15, -0.1) is 0 Å². The highest BCUT2D eigenvalue weighted by Crippen LogP contribution is 2.18. The molecule has 0 aromatic heterocycles. The number of hydrogen-bond acceptors (Lipinski definition) is 2. The van der Waals surface area contributed by atoms with E-state index in [2.05, 4.69) is 5.32 Å². The van der Waals surface area contributed by atoms with Gasteiger partial charge in [-0.05, 0) is 18.6 Å². The highest BCUT2D eigenvalue weighted by molar-refractivity contribution is 5.72. The Morgan fingerprint density at radius 3 is 2.53 bits per heavy atom. The molecule has 17 heavy (non-hydrogen) atoms. The van der Waals surface area contributed by atoms with Gasteiger partial charge in [-0.1, -0.05) is 12.2 Å². The number of nitrogens with two attached hydrogens (primary N) is 1. The summed E-state index contributed by atoms with van der Waals surface area (Å²) < 4.78 is 26.6. The van der Waals surface area contributed by atoms with Crippen LogP contribution in [0.15, 0.2) is 18.2 Å². The molecule has 1 aromatic rings. The van der Waals surface area contributed by atoms with Gasteiger partial charge in [0.2, 0.25) is 5.91 Å². The summed E-state index contributed by atoms with van der Waals surface area (Å²) in [6, 6.07) is 2.13. The van der Waals surface area contributed by atoms with Crippen LogP contribution >= 0.6 is 0 Å². The molecule has 3 nitrogen and oxygen atoms in total. The molecule has 1 rings (SSSR count). The fourth-order valence-corrected chi connectivity index (χ4v) is 1.30. The van der Waals surface area contributed by atoms with E-state index in [4.69, 9.17) is 5.73 Å². The molecule has 0 aliphatic heterocycles. The number of carbonyl (C=O) groups is 1. The first-order valence-corrected chi connectivity index (χ1v) is 5.16. The van der Waals surface area contributed by atoms with E-state index in [0.717, 1.165) is 12.1 Å². The molecule has 0 atom stereocenters. The van der Waals surface area contributed by atoms with Crippen molar-refractivity contribution in [2.24, 2.45) is 0 Å². The van der Waals surface area contributed by atoms with Crippen molar-refractivity contribution >= 4 is 17.7 Å². The van der Waals surface area contributed by atoms with Gasteiger partial charge < -0.3 is 11.1 Å². The van der Waals surface area contributed by atoms with Gasteiger partial charge >= 0.3 is 0 Å². The van der Waals surface area contributed by atoms with Crippen molar-refractivity contribution in [3.8, 4) is 0 Å². The van der Waals surface area contributed by atoms with Crippen LogP contribution in [0.1, 0.15) is 18.9 Å². The molecule has 1 aromatic carbocycles. The number of halogens is 2. The van der Waals surface area contributed by atoms with Gasteiger partial charge in [0.15, 0.2) is 0 Å². The van der Waals surface area contributed by atoms with Gasteiger partial charge in [-0.2, -0.15) is 0 Å². The minimum atomic E-state index is -0.696. The molecule has 5 heteroatoms. The zero-order valence-electron chi connectivity index (χ0n) is 9.47. The van der Waals surface area contributed by atoms with Crippen molar-refractivity contribution in [3.05, 3.63) is 35.4 Å². The van der Waals surface area contributed by atoms with Crippen LogP contribution in [0, 0.1) is 11.6 Å². The lowest BCUT2D eigenvalue weighted by Crippen LogP contribution is -2.20. The zero-order chi connectivity index (χ0) is 12.8. The first kappa shape index (κ1) is 13.2. The Morgan fingerprint density at radius 1 is 1.41 bits per heavy atom. The van der Waals surface area contributed by atoms with Crippen molar-refractivity contribution < 1.29 is 13.6 Å². The van der Waals surface area contributed by atoms with Crippen LogP contribution < -0.4 is 11.1 Å². The number of nitrogen functional groups attached to an aromatic ring is 1. The predicted molar refractivity (Wildman–Crippen MR) is 63.1 cm³/mol. The summed E-state index contributed by atoms with van der Waals surface area (Å²) in [4.78, 5) is 10.6. The van der Waals surface area contributed by atoms with Gasteiger partial charge in [0, 0.05) is 24.7 Å². The maximum absolute atomic E-state index is 13.3. The average Bonchev–Trinajstić information content (AvgIpc) is 2.20. The van der Waals surface area contributed by atoms with Crippen molar-refractivity contribution in [1.29, 1.82) is 0 Å². The predicted octanol–water partition coefficient (Wildman–Crippen LogP) is 2.09. The van der Waals surface area contributed by atoms with Crippen LogP contribution in [0.25, 0.3) is 6.08 Å². The number of nitrogens with one attached hydrogen (secondary N) is 1. The van der Waals surface area contributed by atoms with Gasteiger partial charge in [0.1, 0.15) is 11.6 Å². The molecule has 92 valence electrons. The zero-order valence-corrected chi connectivity index (χ0v) is 9.47. The van der Waals surface area contributed by atoms with Crippen molar-refractivity contribution in [2.45, 2.75) is 13.3 Å². The standard InChI is InChI=1S/C12H14F2N2O/c1-8(17)16-5-3-2-4-10-11(13)6-9(15)7-12(10)14/h2,4,6-7H,3,5,15H2,1H3,(H,16,17). The third-order valence-corrected chi connectivity index (χ3v) is 2.07. The Hall–Kier alpha value is -1.91. The van der Waals surface area contributed by atoms with E-state index >= 15 is 0 Å². The molecule has 0 bridgehead atoms. The first-order valence-electron chi connectivity index (χ1n) is 5.16. The monoisotopic (exact) mass is 240 g/mol. The van der Waals surface area contributed by atoms with Crippen LogP contribution in [0.3, 0.4) is 0 Å². The molecule has 1 amide bonds. The number of benzene rings is 1. The summed E-state index contributed by atoms with van der Waals surface area (Å²) in [7, 11) is 0. The lowest BCUT2D eigenvalue weighted by molar-refractivity contribution is -0.118. The van der Waals surface area contributed by atoms with Crippen LogP contribution in [0.4, 0.5) is 14.5 Å². The van der Waals surface area contributed by atoms with Gasteiger partial charge in [0.25, 0.3) is 0 Å². The smallest absolute Gasteiger partial charge is 0.216 e. The van der Waals surface area contributed by atoms with E-state index in [-0.39, 0.29) is 17.2 Å². The second-order valence-corrected chi connectivity index (χ2v) is 3.57. The van der Waals surface area contributed by atoms with Crippen LogP contribution in [0.5, 0.6) is 0 Å². The fourth-order valence-electron chi connectivity index (χ4n) is 1.30. The van der Waals surface area contributed by atoms with Crippen LogP contribution in [-0.2, 0) is 4.79 Å². The molecule has 0 fully saturated rings. The lowest BCUT2D eigenvalue weighted by atomic mass is 10.1. The maximum Gasteiger partial charge on any atom is 0.216 e. The molecule has 0 saturated heterocycles. The molecule has 0 heterocycles. The molecular weight excluding hydrogens is 226 g/mol. The Labute approximate surface area is 98.3 Å². The van der Waals surface area contributed by atoms with E-state index < -0.39 is 11.6 Å². The second-order valence-electron chi connectivity index (χ2n) is 3.57. The topological polar surface area (TPSA) is 55.1 Å². The molecule has 0 aliphatic rings. The van der Waals surface area contributed by atoms with Crippen LogP contribution in [-0.4, -0.2) is 12.5 Å². The number of carbonyl (C=O) groups excluding carboxylic acids is 1. The fraction of sp³-hybridized carbons (Fsp3) is 0.250. The molecule has 0 radical (unpaired) electrons. The normalized spacial score (nSPS) is 10.8. The van der Waals surface area contributed by atoms with Crippen LogP contribution in [0.2, 0.25) is 0 Å². The molecule has 0 spiro atoms. The highest BCUT2D eigenvalue weighted by atomic mass is 19.1. The number of rotatable bonds is 4. The lowest BCUT2D eigenvalue weighted by Gasteiger charge is -2.01. The highest BCUT2D eigenvalue weighted by Gasteiger charge is 2.06. The number of amides is 1. The summed E-state index contributed by atoms with van der Waals surface area (Å²) >= 11 is 0. The Morgan fingerprint density at radius 2 is 2.00 bits per heavy atom. The molecule has 3 N–H and O–H groups in total. The van der Waals surface area contributed by atoms with E-state index in [1.807, 2.05) is 0 Å². The average molecular weight is 240 g/mol. The summed E-state index contributed by atoms with van der Waals surface area (Å²) in [6.45, 7) is 1.84. The summed E-state index contributed by atoms with van der Waals surface area (Å²) in [5.74, 6) is -1.53. The molecular formula is C12H14F2N2O. The SMILES string of the molecule is CC(=O)NCCC=Cc1c(F)cc(N)cc1F. The summed E-state index contributed by atoms with van der Waals surface area (Å²) in [5.41, 5.74) is 5.21. The Balaban J connectivity index is 2.62. The third-order valence-electron chi connectivity index (χ3n) is 2.07. The third kappa shape index (κ3) is 4.22. The molecule has 0 saturated carbocycles. The Bertz CT molecular complexity index is 421. The van der Waals surface area contributed by atoms with Crippen molar-refractivity contribution in [1.82, 2.24) is 5.32 Å². The number of anilines is 1. The first-order chi connectivity index (χ1) is 8.00. The molecule has 0 aliphatic carbocycles. The van der Waals surface area contributed by atoms with Gasteiger partial charge in [0.05, 0.1) is 0 Å². The quantitative estimate of drug-likeness (QED) is 0.625. The number of hydrogen-bond donors (Lipinski definition) is 2. The second kappa shape index (κ2) is 5.98. The van der Waals surface area contributed by atoms with Gasteiger partial charge in [-0.25, -0.2) is 8.78 Å². The summed E-state index contributed by atoms with van der Waals surface area (Å²) in [5, 5.41) is 2.57. The van der Waals surface area contributed by atoms with E-state index in [9.17, 15) is 13.6 Å². The van der Waals surface area contributed by atoms with Crippen molar-refractivity contribution in [2.75, 3.05) is 12.3 Å². The molecule has 0 unspecified atom stereocenters. The largest absolute Gasteiger partial charge is 0.399 e. The van der Waals surface area contributed by atoms with E-state index in [1.165, 1.54) is 13.0 Å². The minimum Gasteiger partial charge on any atom is -0.399 e. The summed E-state index contributed by atoms with van der Waals surface area (Å²) in [6.07, 6.45) is 3.43. The Kier molecular flexibility index (Phi) is 4.63. The van der Waals surface area contributed by atoms with Gasteiger partial charge in [-0.3, -0.25) is 4.79 Å². The van der Waals surface area contributed by atoms with E-state index in [1.54, 1.807) is 6.08 Å².